The Labute approximate surface area is 72.0 Å². The van der Waals surface area contributed by atoms with E-state index in [-0.39, 0.29) is 5.41 Å². The molecular weight excluding hydrogens is 150 g/mol. The molecule has 12 heavy (non-hydrogen) atoms. The van der Waals surface area contributed by atoms with Crippen molar-refractivity contribution < 1.29 is 0 Å². The van der Waals surface area contributed by atoms with Gasteiger partial charge in [-0.3, -0.25) is 0 Å². The van der Waals surface area contributed by atoms with Crippen molar-refractivity contribution in [2.45, 2.75) is 25.2 Å². The molecule has 2 rings (SSSR count). The minimum absolute atomic E-state index is 0.181. The van der Waals surface area contributed by atoms with E-state index in [0.29, 0.717) is 6.54 Å². The maximum absolute atomic E-state index is 5.67. The van der Waals surface area contributed by atoms with Crippen LogP contribution in [0.2, 0.25) is 0 Å². The standard InChI is InChI=1S/C9H13N3/c1-7-2-3-8(12-11-7)9(6-10)4-5-9/h2-3H,4-6,10H2,1H3. The molecule has 3 heteroatoms. The average molecular weight is 163 g/mol. The Morgan fingerprint density at radius 2 is 2.17 bits per heavy atom. The van der Waals surface area contributed by atoms with E-state index in [2.05, 4.69) is 10.2 Å². The third kappa shape index (κ3) is 1.10. The van der Waals surface area contributed by atoms with Crippen molar-refractivity contribution in [3.05, 3.63) is 23.5 Å². The van der Waals surface area contributed by atoms with E-state index < -0.39 is 0 Å². The third-order valence-electron chi connectivity index (χ3n) is 2.59. The van der Waals surface area contributed by atoms with Crippen molar-refractivity contribution in [1.82, 2.24) is 10.2 Å². The summed E-state index contributed by atoms with van der Waals surface area (Å²) >= 11 is 0. The van der Waals surface area contributed by atoms with E-state index in [4.69, 9.17) is 5.73 Å². The van der Waals surface area contributed by atoms with Gasteiger partial charge in [0.2, 0.25) is 0 Å². The van der Waals surface area contributed by atoms with Crippen LogP contribution in [0.15, 0.2) is 12.1 Å². The highest BCUT2D eigenvalue weighted by atomic mass is 15.1. The van der Waals surface area contributed by atoms with Crippen molar-refractivity contribution in [3.8, 4) is 0 Å². The van der Waals surface area contributed by atoms with E-state index in [1.165, 1.54) is 12.8 Å². The third-order valence-corrected chi connectivity index (χ3v) is 2.59. The van der Waals surface area contributed by atoms with Crippen LogP contribution in [0.1, 0.15) is 24.2 Å². The number of hydrogen-bond donors (Lipinski definition) is 1. The molecule has 0 bridgehead atoms. The molecule has 1 saturated carbocycles. The Bertz CT molecular complexity index is 274. The van der Waals surface area contributed by atoms with Gasteiger partial charge >= 0.3 is 0 Å². The van der Waals surface area contributed by atoms with Gasteiger partial charge in [-0.1, -0.05) is 0 Å². The molecule has 0 atom stereocenters. The number of aromatic nitrogens is 2. The lowest BCUT2D eigenvalue weighted by molar-refractivity contribution is 0.659. The lowest BCUT2D eigenvalue weighted by atomic mass is 10.0. The first-order valence-corrected chi connectivity index (χ1v) is 4.28. The second kappa shape index (κ2) is 2.52. The first-order valence-electron chi connectivity index (χ1n) is 4.28. The fourth-order valence-electron chi connectivity index (χ4n) is 1.40. The van der Waals surface area contributed by atoms with Gasteiger partial charge in [0.05, 0.1) is 11.4 Å². The van der Waals surface area contributed by atoms with Crippen LogP contribution in [0.4, 0.5) is 0 Å². The quantitative estimate of drug-likeness (QED) is 0.700. The second-order valence-electron chi connectivity index (χ2n) is 3.54. The predicted octanol–water partition coefficient (Wildman–Crippen LogP) is 0.775. The van der Waals surface area contributed by atoms with Crippen LogP contribution in [0.25, 0.3) is 0 Å². The summed E-state index contributed by atoms with van der Waals surface area (Å²) in [5, 5.41) is 8.18. The topological polar surface area (TPSA) is 51.8 Å². The monoisotopic (exact) mass is 163 g/mol. The highest BCUT2D eigenvalue weighted by Gasteiger charge is 2.44. The molecule has 0 radical (unpaired) electrons. The number of nitrogens with two attached hydrogens (primary N) is 1. The van der Waals surface area contributed by atoms with Gasteiger partial charge in [0.25, 0.3) is 0 Å². The lowest BCUT2D eigenvalue weighted by Crippen LogP contribution is -2.21. The summed E-state index contributed by atoms with van der Waals surface area (Å²) in [6.45, 7) is 2.64. The van der Waals surface area contributed by atoms with Crippen molar-refractivity contribution in [1.29, 1.82) is 0 Å². The van der Waals surface area contributed by atoms with Gasteiger partial charge in [0, 0.05) is 12.0 Å². The summed E-state index contributed by atoms with van der Waals surface area (Å²) in [6, 6.07) is 4.04. The minimum Gasteiger partial charge on any atom is -0.330 e. The number of nitrogens with zero attached hydrogens (tertiary/aromatic N) is 2. The van der Waals surface area contributed by atoms with Crippen LogP contribution in [0.5, 0.6) is 0 Å². The SMILES string of the molecule is Cc1ccc(C2(CN)CC2)nn1. The molecule has 1 aliphatic carbocycles. The largest absolute Gasteiger partial charge is 0.330 e. The second-order valence-corrected chi connectivity index (χ2v) is 3.54. The summed E-state index contributed by atoms with van der Waals surface area (Å²) in [5.41, 5.74) is 7.88. The van der Waals surface area contributed by atoms with Gasteiger partial charge in [-0.05, 0) is 31.9 Å². The van der Waals surface area contributed by atoms with Crippen molar-refractivity contribution >= 4 is 0 Å². The van der Waals surface area contributed by atoms with Gasteiger partial charge in [-0.15, -0.1) is 0 Å². The molecule has 0 spiro atoms. The van der Waals surface area contributed by atoms with Crippen LogP contribution < -0.4 is 5.73 Å². The van der Waals surface area contributed by atoms with Crippen LogP contribution in [-0.4, -0.2) is 16.7 Å². The number of rotatable bonds is 2. The van der Waals surface area contributed by atoms with Gasteiger partial charge in [0.15, 0.2) is 0 Å². The normalized spacial score (nSPS) is 19.2. The minimum atomic E-state index is 0.181. The molecule has 0 amide bonds. The molecule has 1 aromatic heterocycles. The zero-order valence-corrected chi connectivity index (χ0v) is 7.25. The van der Waals surface area contributed by atoms with Crippen LogP contribution >= 0.6 is 0 Å². The van der Waals surface area contributed by atoms with E-state index in [1.807, 2.05) is 19.1 Å². The van der Waals surface area contributed by atoms with Gasteiger partial charge < -0.3 is 5.73 Å². The van der Waals surface area contributed by atoms with Crippen molar-refractivity contribution in [3.63, 3.8) is 0 Å². The van der Waals surface area contributed by atoms with Crippen LogP contribution in [0.3, 0.4) is 0 Å². The highest BCUT2D eigenvalue weighted by Crippen LogP contribution is 2.45. The fourth-order valence-corrected chi connectivity index (χ4v) is 1.40. The molecular formula is C9H13N3. The summed E-state index contributed by atoms with van der Waals surface area (Å²) in [5.74, 6) is 0. The summed E-state index contributed by atoms with van der Waals surface area (Å²) in [4.78, 5) is 0. The molecule has 3 nitrogen and oxygen atoms in total. The zero-order valence-electron chi connectivity index (χ0n) is 7.25. The molecule has 0 aliphatic heterocycles. The molecule has 64 valence electrons. The molecule has 0 aromatic carbocycles. The Morgan fingerprint density at radius 3 is 2.58 bits per heavy atom. The first-order chi connectivity index (χ1) is 5.77. The maximum Gasteiger partial charge on any atom is 0.0705 e. The van der Waals surface area contributed by atoms with E-state index >= 15 is 0 Å². The van der Waals surface area contributed by atoms with Gasteiger partial charge in [-0.2, -0.15) is 10.2 Å². The average Bonchev–Trinajstić information content (AvgIpc) is 2.86. The fraction of sp³-hybridized carbons (Fsp3) is 0.556. The first kappa shape index (κ1) is 7.68. The predicted molar refractivity (Wildman–Crippen MR) is 46.7 cm³/mol. The smallest absolute Gasteiger partial charge is 0.0705 e. The Balaban J connectivity index is 2.29. The van der Waals surface area contributed by atoms with Gasteiger partial charge in [0.1, 0.15) is 0 Å². The van der Waals surface area contributed by atoms with Crippen LogP contribution in [-0.2, 0) is 5.41 Å². The van der Waals surface area contributed by atoms with Gasteiger partial charge in [-0.25, -0.2) is 0 Å². The molecule has 1 aliphatic rings. The molecule has 0 saturated heterocycles. The summed E-state index contributed by atoms with van der Waals surface area (Å²) in [6.07, 6.45) is 2.34. The molecule has 1 fully saturated rings. The van der Waals surface area contributed by atoms with E-state index in [0.717, 1.165) is 11.4 Å². The van der Waals surface area contributed by atoms with Crippen LogP contribution in [0, 0.1) is 6.92 Å². The Morgan fingerprint density at radius 1 is 1.42 bits per heavy atom. The van der Waals surface area contributed by atoms with E-state index in [9.17, 15) is 0 Å². The highest BCUT2D eigenvalue weighted by molar-refractivity contribution is 5.24. The number of aryl methyl sites for hydroxylation is 1. The molecule has 0 unspecified atom stereocenters. The molecule has 2 N–H and O–H groups in total. The summed E-state index contributed by atoms with van der Waals surface area (Å²) in [7, 11) is 0. The number of hydrogen-bond acceptors (Lipinski definition) is 3. The van der Waals surface area contributed by atoms with Crippen molar-refractivity contribution in [2.24, 2.45) is 5.73 Å². The molecule has 1 heterocycles. The Kier molecular flexibility index (Phi) is 1.61. The zero-order chi connectivity index (χ0) is 8.60. The van der Waals surface area contributed by atoms with E-state index in [1.54, 1.807) is 0 Å². The lowest BCUT2D eigenvalue weighted by Gasteiger charge is -2.09. The summed E-state index contributed by atoms with van der Waals surface area (Å²) < 4.78 is 0. The maximum atomic E-state index is 5.67. The van der Waals surface area contributed by atoms with Crippen molar-refractivity contribution in [2.75, 3.05) is 6.54 Å². The Hall–Kier alpha value is -0.960. The molecule has 1 aromatic rings.